The second-order valence-electron chi connectivity index (χ2n) is 9.48. The molecule has 0 spiro atoms. The number of aromatic nitrogens is 3. The molecule has 0 unspecified atom stereocenters. The van der Waals surface area contributed by atoms with Gasteiger partial charge in [-0.2, -0.15) is 5.10 Å². The van der Waals surface area contributed by atoms with Crippen LogP contribution in [0.25, 0.3) is 17.1 Å². The van der Waals surface area contributed by atoms with Crippen LogP contribution in [0.4, 0.5) is 0 Å². The standard InChI is InChI=1S/C29H31N5OS/c1-5-21-11-13-22(14-12-21)19-30-31-26(35)20-36-28-33-32-27(34(28)25-9-7-6-8-10-25)23-15-17-24(18-16-23)29(2,3)4/h6-19H,5,20H2,1-4H3,(H,31,35). The number of hydrazone groups is 1. The molecule has 0 fully saturated rings. The van der Waals surface area contributed by atoms with Crippen LogP contribution in [0.3, 0.4) is 0 Å². The van der Waals surface area contributed by atoms with Crippen molar-refractivity contribution in [1.29, 1.82) is 0 Å². The van der Waals surface area contributed by atoms with Crippen LogP contribution in [0.5, 0.6) is 0 Å². The molecule has 0 bridgehead atoms. The van der Waals surface area contributed by atoms with Crippen LogP contribution in [-0.4, -0.2) is 32.6 Å². The van der Waals surface area contributed by atoms with E-state index < -0.39 is 0 Å². The van der Waals surface area contributed by atoms with E-state index in [4.69, 9.17) is 0 Å². The fourth-order valence-electron chi connectivity index (χ4n) is 3.66. The summed E-state index contributed by atoms with van der Waals surface area (Å²) in [6, 6.07) is 26.5. The lowest BCUT2D eigenvalue weighted by molar-refractivity contribution is -0.118. The molecule has 1 amide bonds. The molecule has 4 aromatic rings. The Kier molecular flexibility index (Phi) is 8.00. The Morgan fingerprint density at radius 3 is 2.31 bits per heavy atom. The highest BCUT2D eigenvalue weighted by atomic mass is 32.2. The molecule has 1 aromatic heterocycles. The molecule has 0 atom stereocenters. The van der Waals surface area contributed by atoms with Gasteiger partial charge in [0.25, 0.3) is 5.91 Å². The average Bonchev–Trinajstić information content (AvgIpc) is 3.32. The highest BCUT2D eigenvalue weighted by Gasteiger charge is 2.19. The summed E-state index contributed by atoms with van der Waals surface area (Å²) in [5.74, 6) is 0.693. The minimum atomic E-state index is -0.208. The Morgan fingerprint density at radius 2 is 1.67 bits per heavy atom. The van der Waals surface area contributed by atoms with Gasteiger partial charge in [-0.1, -0.05) is 106 Å². The van der Waals surface area contributed by atoms with E-state index in [0.717, 1.165) is 29.1 Å². The van der Waals surface area contributed by atoms with Gasteiger partial charge < -0.3 is 0 Å². The van der Waals surface area contributed by atoms with E-state index in [1.165, 1.54) is 22.9 Å². The third-order valence-corrected chi connectivity index (χ3v) is 6.71. The van der Waals surface area contributed by atoms with Gasteiger partial charge in [-0.3, -0.25) is 9.36 Å². The zero-order valence-corrected chi connectivity index (χ0v) is 21.9. The Labute approximate surface area is 216 Å². The fraction of sp³-hybridized carbons (Fsp3) is 0.241. The largest absolute Gasteiger partial charge is 0.272 e. The summed E-state index contributed by atoms with van der Waals surface area (Å²) in [6.07, 6.45) is 2.64. The minimum absolute atomic E-state index is 0.0709. The van der Waals surface area contributed by atoms with Crippen molar-refractivity contribution in [3.05, 3.63) is 95.6 Å². The third-order valence-electron chi connectivity index (χ3n) is 5.78. The Hall–Kier alpha value is -3.71. The molecule has 36 heavy (non-hydrogen) atoms. The zero-order valence-electron chi connectivity index (χ0n) is 21.1. The van der Waals surface area contributed by atoms with Gasteiger partial charge in [0.2, 0.25) is 0 Å². The lowest BCUT2D eigenvalue weighted by Crippen LogP contribution is -2.20. The van der Waals surface area contributed by atoms with E-state index in [1.807, 2.05) is 47.0 Å². The normalized spacial score (nSPS) is 11.7. The summed E-state index contributed by atoms with van der Waals surface area (Å²) in [5.41, 5.74) is 8.03. The van der Waals surface area contributed by atoms with E-state index in [-0.39, 0.29) is 17.1 Å². The molecule has 184 valence electrons. The van der Waals surface area contributed by atoms with Crippen molar-refractivity contribution >= 4 is 23.9 Å². The second-order valence-corrected chi connectivity index (χ2v) is 10.4. The van der Waals surface area contributed by atoms with E-state index in [1.54, 1.807) is 6.21 Å². The quantitative estimate of drug-likeness (QED) is 0.183. The van der Waals surface area contributed by atoms with E-state index >= 15 is 0 Å². The predicted molar refractivity (Wildman–Crippen MR) is 148 cm³/mol. The number of carbonyl (C=O) groups excluding carboxylic acids is 1. The fourth-order valence-corrected chi connectivity index (χ4v) is 4.40. The number of thioether (sulfide) groups is 1. The molecule has 6 nitrogen and oxygen atoms in total. The number of amides is 1. The lowest BCUT2D eigenvalue weighted by Gasteiger charge is -2.19. The van der Waals surface area contributed by atoms with Crippen LogP contribution >= 0.6 is 11.8 Å². The number of nitrogens with one attached hydrogen (secondary N) is 1. The van der Waals surface area contributed by atoms with Gasteiger partial charge >= 0.3 is 0 Å². The first-order valence-corrected chi connectivity index (χ1v) is 13.0. The maximum Gasteiger partial charge on any atom is 0.250 e. The van der Waals surface area contributed by atoms with Crippen LogP contribution in [0, 0.1) is 0 Å². The summed E-state index contributed by atoms with van der Waals surface area (Å²) in [6.45, 7) is 8.70. The van der Waals surface area contributed by atoms with E-state index in [2.05, 4.69) is 84.8 Å². The molecule has 1 N–H and O–H groups in total. The first kappa shape index (κ1) is 25.4. The molecule has 4 rings (SSSR count). The van der Waals surface area contributed by atoms with Gasteiger partial charge in [0.15, 0.2) is 11.0 Å². The topological polar surface area (TPSA) is 72.2 Å². The monoisotopic (exact) mass is 497 g/mol. The van der Waals surface area contributed by atoms with Gasteiger partial charge in [-0.05, 0) is 40.7 Å². The third kappa shape index (κ3) is 6.29. The summed E-state index contributed by atoms with van der Waals surface area (Å²) in [4.78, 5) is 12.5. The van der Waals surface area contributed by atoms with Gasteiger partial charge in [-0.25, -0.2) is 5.43 Å². The summed E-state index contributed by atoms with van der Waals surface area (Å²) >= 11 is 1.33. The molecule has 0 aliphatic heterocycles. The number of aryl methyl sites for hydroxylation is 1. The van der Waals surface area contributed by atoms with E-state index in [0.29, 0.717) is 5.16 Å². The van der Waals surface area contributed by atoms with Crippen LogP contribution in [0.15, 0.2) is 89.1 Å². The molecule has 0 aliphatic carbocycles. The number of para-hydroxylation sites is 1. The number of hydrogen-bond acceptors (Lipinski definition) is 5. The zero-order chi connectivity index (χ0) is 25.5. The SMILES string of the molecule is CCc1ccc(C=NNC(=O)CSc2nnc(-c3ccc(C(C)(C)C)cc3)n2-c2ccccc2)cc1. The second kappa shape index (κ2) is 11.4. The Morgan fingerprint density at radius 1 is 0.972 bits per heavy atom. The number of nitrogens with zero attached hydrogens (tertiary/aromatic N) is 4. The van der Waals surface area contributed by atoms with Crippen molar-refractivity contribution in [3.63, 3.8) is 0 Å². The highest BCUT2D eigenvalue weighted by Crippen LogP contribution is 2.30. The van der Waals surface area contributed by atoms with Crippen molar-refractivity contribution < 1.29 is 4.79 Å². The van der Waals surface area contributed by atoms with Crippen LogP contribution in [0.2, 0.25) is 0 Å². The maximum atomic E-state index is 12.5. The molecular formula is C29H31N5OS. The molecule has 3 aromatic carbocycles. The van der Waals surface area contributed by atoms with Crippen molar-refractivity contribution in [1.82, 2.24) is 20.2 Å². The number of benzene rings is 3. The summed E-state index contributed by atoms with van der Waals surface area (Å²) in [7, 11) is 0. The maximum absolute atomic E-state index is 12.5. The van der Waals surface area contributed by atoms with Crippen LogP contribution in [-0.2, 0) is 16.6 Å². The first-order valence-electron chi connectivity index (χ1n) is 12.0. The molecule has 0 aliphatic rings. The van der Waals surface area contributed by atoms with Crippen molar-refractivity contribution in [2.24, 2.45) is 5.10 Å². The van der Waals surface area contributed by atoms with Gasteiger partial charge in [0.1, 0.15) is 0 Å². The Bertz CT molecular complexity index is 1320. The van der Waals surface area contributed by atoms with Gasteiger partial charge in [-0.15, -0.1) is 10.2 Å². The van der Waals surface area contributed by atoms with Gasteiger partial charge in [0, 0.05) is 11.3 Å². The first-order chi connectivity index (χ1) is 17.3. The Balaban J connectivity index is 1.49. The van der Waals surface area contributed by atoms with E-state index in [9.17, 15) is 4.79 Å². The van der Waals surface area contributed by atoms with Crippen molar-refractivity contribution in [2.75, 3.05) is 5.75 Å². The number of rotatable bonds is 8. The minimum Gasteiger partial charge on any atom is -0.272 e. The molecular weight excluding hydrogens is 466 g/mol. The van der Waals surface area contributed by atoms with Gasteiger partial charge in [0.05, 0.1) is 12.0 Å². The smallest absolute Gasteiger partial charge is 0.250 e. The molecule has 0 radical (unpaired) electrons. The van der Waals surface area contributed by atoms with Crippen LogP contribution < -0.4 is 5.43 Å². The number of carbonyl (C=O) groups is 1. The average molecular weight is 498 g/mol. The molecule has 0 saturated heterocycles. The molecule has 1 heterocycles. The van der Waals surface area contributed by atoms with Crippen molar-refractivity contribution in [3.8, 4) is 17.1 Å². The highest BCUT2D eigenvalue weighted by molar-refractivity contribution is 7.99. The lowest BCUT2D eigenvalue weighted by atomic mass is 9.87. The molecule has 0 saturated carbocycles. The van der Waals surface area contributed by atoms with Crippen molar-refractivity contribution in [2.45, 2.75) is 44.7 Å². The predicted octanol–water partition coefficient (Wildman–Crippen LogP) is 6.04. The van der Waals surface area contributed by atoms with Crippen LogP contribution in [0.1, 0.15) is 44.4 Å². The summed E-state index contributed by atoms with van der Waals surface area (Å²) in [5, 5.41) is 13.6. The summed E-state index contributed by atoms with van der Waals surface area (Å²) < 4.78 is 1.99. The molecule has 7 heteroatoms. The number of hydrogen-bond donors (Lipinski definition) is 1.